The van der Waals surface area contributed by atoms with Gasteiger partial charge < -0.3 is 31.2 Å². The quantitative estimate of drug-likeness (QED) is 0.493. The lowest BCUT2D eigenvalue weighted by atomic mass is 9.99. The van der Waals surface area contributed by atoms with E-state index in [1.807, 2.05) is 19.9 Å². The molecule has 0 amide bonds. The van der Waals surface area contributed by atoms with Gasteiger partial charge in [-0.2, -0.15) is 0 Å². The highest BCUT2D eigenvalue weighted by molar-refractivity contribution is 6.03. The van der Waals surface area contributed by atoms with Gasteiger partial charge in [-0.25, -0.2) is 0 Å². The smallest absolute Gasteiger partial charge is 0.199 e. The van der Waals surface area contributed by atoms with E-state index in [9.17, 15) is 4.79 Å². The summed E-state index contributed by atoms with van der Waals surface area (Å²) in [7, 11) is 0. The molecule has 0 spiro atoms. The zero-order valence-corrected chi connectivity index (χ0v) is 19.3. The summed E-state index contributed by atoms with van der Waals surface area (Å²) in [6.45, 7) is 4.87. The first kappa shape index (κ1) is 25.0. The van der Waals surface area contributed by atoms with Crippen LogP contribution in [0.25, 0.3) is 0 Å². The molecule has 0 unspecified atom stereocenters. The van der Waals surface area contributed by atoms with Crippen LogP contribution in [0.15, 0.2) is 24.5 Å². The molecule has 9 nitrogen and oxygen atoms in total. The van der Waals surface area contributed by atoms with Crippen LogP contribution in [0.1, 0.15) is 53.0 Å². The van der Waals surface area contributed by atoms with Crippen molar-refractivity contribution in [2.45, 2.75) is 45.3 Å². The lowest BCUT2D eigenvalue weighted by Gasteiger charge is -2.29. The molecule has 3 aliphatic rings. The largest absolute Gasteiger partial charge is 0.397 e. The maximum atomic E-state index is 11.7. The Labute approximate surface area is 194 Å². The Morgan fingerprint density at radius 2 is 1.52 bits per heavy atom. The average Bonchev–Trinajstić information content (AvgIpc) is 3.76. The van der Waals surface area contributed by atoms with E-state index in [1.165, 1.54) is 0 Å². The summed E-state index contributed by atoms with van der Waals surface area (Å²) < 4.78 is 11.7. The molecule has 2 aliphatic carbocycles. The van der Waals surface area contributed by atoms with Crippen molar-refractivity contribution in [2.75, 3.05) is 37.9 Å². The molecule has 2 aromatic heterocycles. The third-order valence-corrected chi connectivity index (χ3v) is 5.66. The summed E-state index contributed by atoms with van der Waals surface area (Å²) in [4.78, 5) is 19.9. The lowest BCUT2D eigenvalue weighted by molar-refractivity contribution is -0.181. The molecular formula is C24H34N4O5. The number of anilines is 2. The predicted molar refractivity (Wildman–Crippen MR) is 124 cm³/mol. The second-order valence-electron chi connectivity index (χ2n) is 8.55. The number of pyridine rings is 2. The van der Waals surface area contributed by atoms with Gasteiger partial charge in [0.15, 0.2) is 11.6 Å². The normalized spacial score (nSPS) is 18.5. The van der Waals surface area contributed by atoms with Gasteiger partial charge in [0, 0.05) is 34.4 Å². The number of Topliss-reactive ketones (excluding diaryl/α,β-unsaturated/α-hetero) is 1. The predicted octanol–water partition coefficient (Wildman–Crippen LogP) is 2.12. The summed E-state index contributed by atoms with van der Waals surface area (Å²) in [5.41, 5.74) is 16.2. The van der Waals surface area contributed by atoms with Crippen LogP contribution in [0.3, 0.4) is 0 Å². The monoisotopic (exact) mass is 458 g/mol. The second kappa shape index (κ2) is 11.0. The third-order valence-electron chi connectivity index (χ3n) is 5.66. The van der Waals surface area contributed by atoms with E-state index >= 15 is 0 Å². The zero-order chi connectivity index (χ0) is 24.0. The number of carbonyl (C=O) groups is 1. The molecule has 0 radical (unpaired) electrons. The molecular weight excluding hydrogens is 424 g/mol. The number of nitrogens with zero attached hydrogens (tertiary/aromatic N) is 2. The number of ether oxygens (including phenoxy) is 2. The number of hydrogen-bond donors (Lipinski definition) is 4. The minimum atomic E-state index is -0.586. The van der Waals surface area contributed by atoms with Gasteiger partial charge in [0.05, 0.1) is 50.2 Å². The van der Waals surface area contributed by atoms with Crippen molar-refractivity contribution in [3.63, 3.8) is 0 Å². The molecule has 9 heteroatoms. The van der Waals surface area contributed by atoms with E-state index in [0.29, 0.717) is 36.1 Å². The van der Waals surface area contributed by atoms with E-state index in [-0.39, 0.29) is 24.9 Å². The van der Waals surface area contributed by atoms with Crippen LogP contribution in [0.4, 0.5) is 11.4 Å². The van der Waals surface area contributed by atoms with Crippen molar-refractivity contribution in [3.8, 4) is 0 Å². The van der Waals surface area contributed by atoms with Crippen molar-refractivity contribution in [1.82, 2.24) is 9.97 Å². The molecule has 1 saturated heterocycles. The molecule has 0 bridgehead atoms. The van der Waals surface area contributed by atoms with Crippen LogP contribution >= 0.6 is 0 Å². The van der Waals surface area contributed by atoms with Crippen LogP contribution in [0.2, 0.25) is 0 Å². The molecule has 1 aliphatic heterocycles. The second-order valence-corrected chi connectivity index (χ2v) is 8.55. The number of nitrogens with two attached hydrogens (primary N) is 2. The number of aryl methyl sites for hydroxylation is 2. The van der Waals surface area contributed by atoms with Gasteiger partial charge in [-0.05, 0) is 51.7 Å². The van der Waals surface area contributed by atoms with Gasteiger partial charge >= 0.3 is 0 Å². The fraction of sp³-hybridized carbons (Fsp3) is 0.542. The Kier molecular flexibility index (Phi) is 8.36. The Hall–Kier alpha value is -2.59. The van der Waals surface area contributed by atoms with Gasteiger partial charge in [-0.3, -0.25) is 14.8 Å². The molecule has 0 aromatic carbocycles. The van der Waals surface area contributed by atoms with Gasteiger partial charge in [0.2, 0.25) is 0 Å². The van der Waals surface area contributed by atoms with E-state index in [2.05, 4.69) is 9.97 Å². The average molecular weight is 459 g/mol. The molecule has 3 fully saturated rings. The van der Waals surface area contributed by atoms with Crippen molar-refractivity contribution >= 4 is 17.2 Å². The minimum Gasteiger partial charge on any atom is -0.397 e. The molecule has 33 heavy (non-hydrogen) atoms. The maximum Gasteiger partial charge on any atom is 0.199 e. The summed E-state index contributed by atoms with van der Waals surface area (Å²) in [6.07, 6.45) is 7.59. The first-order valence-electron chi connectivity index (χ1n) is 11.3. The molecule has 3 heterocycles. The SMILES string of the molecule is Cc1cc(C(=O)C2CC2)c(N)cn1.Cc1cc(C2(C3CC3)OCCO2)c(N)cn1.OCCO. The number of aliphatic hydroxyl groups excluding tert-OH is 2. The van der Waals surface area contributed by atoms with Crippen LogP contribution in [0.5, 0.6) is 0 Å². The summed E-state index contributed by atoms with van der Waals surface area (Å²) in [5, 5.41) is 15.2. The Morgan fingerprint density at radius 1 is 0.970 bits per heavy atom. The van der Waals surface area contributed by atoms with Crippen LogP contribution < -0.4 is 11.5 Å². The van der Waals surface area contributed by atoms with Gasteiger partial charge in [-0.1, -0.05) is 0 Å². The number of aliphatic hydroxyl groups is 2. The van der Waals surface area contributed by atoms with Gasteiger partial charge in [0.1, 0.15) is 0 Å². The first-order chi connectivity index (χ1) is 15.8. The Morgan fingerprint density at radius 3 is 2.03 bits per heavy atom. The van der Waals surface area contributed by atoms with E-state index in [0.717, 1.165) is 42.6 Å². The van der Waals surface area contributed by atoms with E-state index < -0.39 is 5.79 Å². The number of carbonyl (C=O) groups excluding carboxylic acids is 1. The zero-order valence-electron chi connectivity index (χ0n) is 19.3. The fourth-order valence-electron chi connectivity index (χ4n) is 3.72. The number of rotatable bonds is 5. The summed E-state index contributed by atoms with van der Waals surface area (Å²) in [5.74, 6) is 0.281. The third kappa shape index (κ3) is 6.26. The van der Waals surface area contributed by atoms with Crippen LogP contribution in [-0.2, 0) is 15.3 Å². The fourth-order valence-corrected chi connectivity index (χ4v) is 3.72. The Bertz CT molecular complexity index is 952. The van der Waals surface area contributed by atoms with Gasteiger partial charge in [0.25, 0.3) is 0 Å². The number of aromatic nitrogens is 2. The minimum absolute atomic E-state index is 0.125. The van der Waals surface area contributed by atoms with Gasteiger partial charge in [-0.15, -0.1) is 0 Å². The highest BCUT2D eigenvalue weighted by Gasteiger charge is 2.52. The highest BCUT2D eigenvalue weighted by Crippen LogP contribution is 2.52. The number of ketones is 1. The molecule has 0 atom stereocenters. The lowest BCUT2D eigenvalue weighted by Crippen LogP contribution is -2.31. The summed E-state index contributed by atoms with van der Waals surface area (Å²) in [6, 6.07) is 3.76. The summed E-state index contributed by atoms with van der Waals surface area (Å²) >= 11 is 0. The van der Waals surface area contributed by atoms with E-state index in [1.54, 1.807) is 18.5 Å². The standard InChI is InChI=1S/C12H16N2O2.C10H12N2O.C2H6O2/c1-8-6-10(11(13)7-14-8)12(9-2-3-9)15-4-5-16-12;1-6-4-8(9(11)5-12-6)10(13)7-2-3-7;3-1-2-4/h6-7,9H,2-5,13H2,1H3;4-5,7H,2-3,11H2,1H3;3-4H,1-2H2. The van der Waals surface area contributed by atoms with Crippen molar-refractivity contribution in [3.05, 3.63) is 47.0 Å². The van der Waals surface area contributed by atoms with Crippen molar-refractivity contribution < 1.29 is 24.5 Å². The van der Waals surface area contributed by atoms with Crippen molar-refractivity contribution in [2.24, 2.45) is 11.8 Å². The molecule has 5 rings (SSSR count). The number of hydrogen-bond acceptors (Lipinski definition) is 9. The maximum absolute atomic E-state index is 11.7. The Balaban J connectivity index is 0.000000163. The molecule has 6 N–H and O–H groups in total. The molecule has 2 aromatic rings. The van der Waals surface area contributed by atoms with Crippen LogP contribution in [-0.4, -0.2) is 52.4 Å². The number of nitrogen functional groups attached to an aromatic ring is 2. The molecule has 2 saturated carbocycles. The molecule has 180 valence electrons. The van der Waals surface area contributed by atoms with E-state index in [4.69, 9.17) is 31.2 Å². The highest BCUT2D eigenvalue weighted by atomic mass is 16.7. The van der Waals surface area contributed by atoms with Crippen molar-refractivity contribution in [1.29, 1.82) is 0 Å². The first-order valence-corrected chi connectivity index (χ1v) is 11.3. The topological polar surface area (TPSA) is 154 Å². The van der Waals surface area contributed by atoms with Crippen LogP contribution in [0, 0.1) is 25.7 Å².